The Kier molecular flexibility index (Phi) is 3.65. The van der Waals surface area contributed by atoms with Crippen molar-refractivity contribution in [3.05, 3.63) is 47.3 Å². The van der Waals surface area contributed by atoms with E-state index in [1.165, 1.54) is 25.2 Å². The molecule has 0 saturated carbocycles. The van der Waals surface area contributed by atoms with Gasteiger partial charge in [-0.2, -0.15) is 13.2 Å². The summed E-state index contributed by atoms with van der Waals surface area (Å²) in [6.45, 7) is 1.55. The highest BCUT2D eigenvalue weighted by Gasteiger charge is 2.31. The van der Waals surface area contributed by atoms with Crippen LogP contribution < -0.4 is 5.32 Å². The van der Waals surface area contributed by atoms with E-state index in [2.05, 4.69) is 10.3 Å². The Morgan fingerprint density at radius 1 is 1.10 bits per heavy atom. The highest BCUT2D eigenvalue weighted by Crippen LogP contribution is 2.33. The molecule has 20 heavy (non-hydrogen) atoms. The van der Waals surface area contributed by atoms with E-state index in [1.54, 1.807) is 6.92 Å². The van der Waals surface area contributed by atoms with Gasteiger partial charge in [0.1, 0.15) is 11.6 Å². The smallest absolute Gasteiger partial charge is 0.373 e. The van der Waals surface area contributed by atoms with Crippen LogP contribution >= 0.6 is 0 Å². The summed E-state index contributed by atoms with van der Waals surface area (Å²) in [5.41, 5.74) is 0.139. The lowest BCUT2D eigenvalue weighted by molar-refractivity contribution is -0.137. The maximum Gasteiger partial charge on any atom is 0.416 e. The van der Waals surface area contributed by atoms with Crippen molar-refractivity contribution >= 4 is 5.82 Å². The molecule has 0 unspecified atom stereocenters. The average Bonchev–Trinajstić information content (AvgIpc) is 2.40. The van der Waals surface area contributed by atoms with Crippen LogP contribution in [0.3, 0.4) is 0 Å². The van der Waals surface area contributed by atoms with Crippen molar-refractivity contribution in [1.82, 2.24) is 4.98 Å². The third-order valence-corrected chi connectivity index (χ3v) is 2.86. The molecule has 0 spiro atoms. The number of pyridine rings is 1. The van der Waals surface area contributed by atoms with Crippen molar-refractivity contribution in [2.45, 2.75) is 13.1 Å². The maximum atomic E-state index is 13.2. The van der Waals surface area contributed by atoms with Gasteiger partial charge in [0.05, 0.1) is 11.3 Å². The summed E-state index contributed by atoms with van der Waals surface area (Å²) in [7, 11) is 1.49. The van der Waals surface area contributed by atoms with Gasteiger partial charge in [-0.3, -0.25) is 0 Å². The third-order valence-electron chi connectivity index (χ3n) is 2.86. The number of aryl methyl sites for hydroxylation is 1. The number of rotatable bonds is 2. The molecule has 1 N–H and O–H groups in total. The van der Waals surface area contributed by atoms with E-state index in [9.17, 15) is 17.6 Å². The fraction of sp³-hybridized carbons (Fsp3) is 0.214. The van der Waals surface area contributed by atoms with Crippen molar-refractivity contribution < 1.29 is 17.6 Å². The van der Waals surface area contributed by atoms with Crippen molar-refractivity contribution in [2.24, 2.45) is 0 Å². The van der Waals surface area contributed by atoms with Crippen LogP contribution in [-0.2, 0) is 6.18 Å². The SMILES string of the molecule is CNc1cc(C(F)(F)F)cc(-c2ccc(F)c(C)c2)n1. The van der Waals surface area contributed by atoms with E-state index in [4.69, 9.17) is 0 Å². The van der Waals surface area contributed by atoms with Gasteiger partial charge < -0.3 is 5.32 Å². The quantitative estimate of drug-likeness (QED) is 0.834. The molecule has 1 aromatic carbocycles. The zero-order valence-corrected chi connectivity index (χ0v) is 10.8. The second kappa shape index (κ2) is 5.11. The Balaban J connectivity index is 2.58. The average molecular weight is 284 g/mol. The van der Waals surface area contributed by atoms with E-state index < -0.39 is 17.6 Å². The minimum absolute atomic E-state index is 0.108. The zero-order chi connectivity index (χ0) is 14.9. The van der Waals surface area contributed by atoms with Crippen LogP contribution in [0.15, 0.2) is 30.3 Å². The molecule has 0 amide bonds. The number of hydrogen-bond acceptors (Lipinski definition) is 2. The lowest BCUT2D eigenvalue weighted by atomic mass is 10.1. The Morgan fingerprint density at radius 2 is 1.80 bits per heavy atom. The van der Waals surface area contributed by atoms with Crippen LogP contribution in [0.2, 0.25) is 0 Å². The van der Waals surface area contributed by atoms with Crippen molar-refractivity contribution in [2.75, 3.05) is 12.4 Å². The molecule has 2 aromatic rings. The second-order valence-corrected chi connectivity index (χ2v) is 4.34. The van der Waals surface area contributed by atoms with Gasteiger partial charge in [0.25, 0.3) is 0 Å². The van der Waals surface area contributed by atoms with Gasteiger partial charge in [0, 0.05) is 12.6 Å². The number of aromatic nitrogens is 1. The Bertz CT molecular complexity index is 636. The minimum atomic E-state index is -4.46. The number of halogens is 4. The van der Waals surface area contributed by atoms with Gasteiger partial charge in [-0.15, -0.1) is 0 Å². The summed E-state index contributed by atoms with van der Waals surface area (Å²) in [4.78, 5) is 4.07. The molecule has 0 aliphatic rings. The summed E-state index contributed by atoms with van der Waals surface area (Å²) in [6.07, 6.45) is -4.46. The normalized spacial score (nSPS) is 11.5. The number of nitrogens with one attached hydrogen (secondary N) is 1. The highest BCUT2D eigenvalue weighted by atomic mass is 19.4. The summed E-state index contributed by atoms with van der Waals surface area (Å²) >= 11 is 0. The number of benzene rings is 1. The second-order valence-electron chi connectivity index (χ2n) is 4.34. The lowest BCUT2D eigenvalue weighted by Gasteiger charge is -2.12. The number of hydrogen-bond donors (Lipinski definition) is 1. The third kappa shape index (κ3) is 2.89. The van der Waals surface area contributed by atoms with Gasteiger partial charge in [0.15, 0.2) is 0 Å². The first-order valence-corrected chi connectivity index (χ1v) is 5.85. The van der Waals surface area contributed by atoms with Crippen molar-refractivity contribution in [3.8, 4) is 11.3 Å². The van der Waals surface area contributed by atoms with Crippen LogP contribution in [0.5, 0.6) is 0 Å². The number of anilines is 1. The predicted octanol–water partition coefficient (Wildman–Crippen LogP) is 4.26. The monoisotopic (exact) mass is 284 g/mol. The van der Waals surface area contributed by atoms with Gasteiger partial charge >= 0.3 is 6.18 Å². The van der Waals surface area contributed by atoms with E-state index in [-0.39, 0.29) is 11.5 Å². The van der Waals surface area contributed by atoms with Crippen LogP contribution in [-0.4, -0.2) is 12.0 Å². The molecular formula is C14H12F4N2. The van der Waals surface area contributed by atoms with Crippen LogP contribution in [0.1, 0.15) is 11.1 Å². The van der Waals surface area contributed by atoms with E-state index in [0.29, 0.717) is 11.1 Å². The van der Waals surface area contributed by atoms with Crippen LogP contribution in [0.25, 0.3) is 11.3 Å². The fourth-order valence-corrected chi connectivity index (χ4v) is 1.77. The summed E-state index contributed by atoms with van der Waals surface area (Å²) in [6, 6.07) is 5.97. The van der Waals surface area contributed by atoms with Gasteiger partial charge in [0.2, 0.25) is 0 Å². The molecule has 0 bridgehead atoms. The zero-order valence-electron chi connectivity index (χ0n) is 10.8. The summed E-state index contributed by atoms with van der Waals surface area (Å²) in [5, 5.41) is 2.59. The van der Waals surface area contributed by atoms with E-state index in [1.807, 2.05) is 0 Å². The molecule has 1 aromatic heterocycles. The van der Waals surface area contributed by atoms with Gasteiger partial charge in [-0.25, -0.2) is 9.37 Å². The molecule has 2 nitrogen and oxygen atoms in total. The Labute approximate surface area is 113 Å². The topological polar surface area (TPSA) is 24.9 Å². The molecule has 106 valence electrons. The van der Waals surface area contributed by atoms with Crippen molar-refractivity contribution in [3.63, 3.8) is 0 Å². The fourth-order valence-electron chi connectivity index (χ4n) is 1.77. The molecule has 0 aliphatic heterocycles. The van der Waals surface area contributed by atoms with Crippen molar-refractivity contribution in [1.29, 1.82) is 0 Å². The van der Waals surface area contributed by atoms with E-state index >= 15 is 0 Å². The first-order chi connectivity index (χ1) is 9.31. The van der Waals surface area contributed by atoms with Gasteiger partial charge in [-0.05, 0) is 42.8 Å². The minimum Gasteiger partial charge on any atom is -0.373 e. The largest absolute Gasteiger partial charge is 0.416 e. The molecule has 0 aliphatic carbocycles. The first-order valence-electron chi connectivity index (χ1n) is 5.85. The first kappa shape index (κ1) is 14.3. The Morgan fingerprint density at radius 3 is 2.35 bits per heavy atom. The predicted molar refractivity (Wildman–Crippen MR) is 68.9 cm³/mol. The Hall–Kier alpha value is -2.11. The van der Waals surface area contributed by atoms with Gasteiger partial charge in [-0.1, -0.05) is 0 Å². The maximum absolute atomic E-state index is 13.2. The molecular weight excluding hydrogens is 272 g/mol. The van der Waals surface area contributed by atoms with Crippen LogP contribution in [0, 0.1) is 12.7 Å². The molecule has 0 radical (unpaired) electrons. The molecule has 0 saturated heterocycles. The number of nitrogens with zero attached hydrogens (tertiary/aromatic N) is 1. The molecule has 0 atom stereocenters. The molecule has 2 rings (SSSR count). The highest BCUT2D eigenvalue weighted by molar-refractivity contribution is 5.63. The number of alkyl halides is 3. The summed E-state index contributed by atoms with van der Waals surface area (Å²) in [5.74, 6) is -0.300. The van der Waals surface area contributed by atoms with Crippen LogP contribution in [0.4, 0.5) is 23.4 Å². The van der Waals surface area contributed by atoms with E-state index in [0.717, 1.165) is 12.1 Å². The lowest BCUT2D eigenvalue weighted by Crippen LogP contribution is -2.07. The summed E-state index contributed by atoms with van der Waals surface area (Å²) < 4.78 is 51.7. The standard InChI is InChI=1S/C14H12F4N2/c1-8-5-9(3-4-11(8)15)12-6-10(14(16,17)18)7-13(19-2)20-12/h3-7H,1-2H3,(H,19,20). The molecule has 6 heteroatoms. The molecule has 1 heterocycles. The molecule has 0 fully saturated rings.